The molecule has 0 saturated carbocycles. The van der Waals surface area contributed by atoms with E-state index < -0.39 is 18.2 Å². The summed E-state index contributed by atoms with van der Waals surface area (Å²) in [6.07, 6.45) is 2.70. The Morgan fingerprint density at radius 2 is 1.92 bits per heavy atom. The van der Waals surface area contributed by atoms with E-state index in [0.29, 0.717) is 0 Å². The highest BCUT2D eigenvalue weighted by Crippen LogP contribution is 2.29. The van der Waals surface area contributed by atoms with Crippen molar-refractivity contribution in [1.29, 1.82) is 0 Å². The molecule has 0 aliphatic carbocycles. The molecular weight excluding hydrogens is 552 g/mol. The summed E-state index contributed by atoms with van der Waals surface area (Å²) in [5, 5.41) is 17.9. The largest absolute Gasteiger partial charge is 0.391 e. The van der Waals surface area contributed by atoms with Gasteiger partial charge in [-0.3, -0.25) is 9.59 Å². The molecule has 1 aliphatic heterocycles. The minimum Gasteiger partial charge on any atom is -0.391 e. The Balaban J connectivity index is 1.66. The number of unbranched alkanes of at least 4 members (excludes halogenated alkanes) is 2. The van der Waals surface area contributed by atoms with E-state index in [1.165, 1.54) is 0 Å². The predicted octanol–water partition coefficient (Wildman–Crippen LogP) is 4.83. The fraction of sp³-hybridized carbons (Fsp3) is 0.607. The zero-order valence-electron chi connectivity index (χ0n) is 22.6. The third kappa shape index (κ3) is 7.85. The normalized spacial score (nSPS) is 19.6. The van der Waals surface area contributed by atoms with Crippen molar-refractivity contribution in [3.05, 3.63) is 41.0 Å². The summed E-state index contributed by atoms with van der Waals surface area (Å²) in [4.78, 5) is 34.0. The number of carbonyl (C=O) groups is 2. The number of aliphatic hydroxyl groups excluding tert-OH is 1. The molecule has 0 radical (unpaired) electrons. The van der Waals surface area contributed by atoms with Crippen molar-refractivity contribution in [2.75, 3.05) is 18.4 Å². The van der Waals surface area contributed by atoms with E-state index in [-0.39, 0.29) is 36.2 Å². The summed E-state index contributed by atoms with van der Waals surface area (Å²) in [7, 11) is 0. The van der Waals surface area contributed by atoms with Crippen molar-refractivity contribution in [2.24, 2.45) is 5.41 Å². The zero-order valence-corrected chi connectivity index (χ0v) is 25.0. The maximum atomic E-state index is 13.7. The third-order valence-corrected chi connectivity index (χ3v) is 8.45. The summed E-state index contributed by atoms with van der Waals surface area (Å²) < 4.78 is 0. The molecule has 2 aromatic rings. The molecule has 2 heterocycles. The lowest BCUT2D eigenvalue weighted by Gasteiger charge is -2.35. The lowest BCUT2D eigenvalue weighted by Crippen LogP contribution is -2.56. The Labute approximate surface area is 233 Å². The molecule has 1 fully saturated rings. The van der Waals surface area contributed by atoms with Gasteiger partial charge in [-0.05, 0) is 49.8 Å². The highest BCUT2D eigenvalue weighted by Gasteiger charge is 2.44. The Hall–Kier alpha value is -1.81. The molecule has 2 amide bonds. The molecule has 3 N–H and O–H groups in total. The molecule has 4 atom stereocenters. The number of nitrogens with zero attached hydrogens (tertiary/aromatic N) is 2. The summed E-state index contributed by atoms with van der Waals surface area (Å²) in [6.45, 7) is 10.9. The molecule has 204 valence electrons. The Kier molecular flexibility index (Phi) is 10.7. The molecule has 3 rings (SSSR count). The van der Waals surface area contributed by atoms with Gasteiger partial charge in [0, 0.05) is 18.3 Å². The monoisotopic (exact) mass is 592 g/mol. The average molecular weight is 594 g/mol. The van der Waals surface area contributed by atoms with Gasteiger partial charge in [0.05, 0.1) is 34.3 Å². The van der Waals surface area contributed by atoms with Gasteiger partial charge >= 0.3 is 0 Å². The van der Waals surface area contributed by atoms with E-state index in [1.54, 1.807) is 16.2 Å². The van der Waals surface area contributed by atoms with E-state index in [4.69, 9.17) is 0 Å². The van der Waals surface area contributed by atoms with Crippen LogP contribution in [-0.4, -0.2) is 63.4 Å². The van der Waals surface area contributed by atoms with Crippen molar-refractivity contribution < 1.29 is 14.7 Å². The summed E-state index contributed by atoms with van der Waals surface area (Å²) in [5.74, 6) is -0.355. The first kappa shape index (κ1) is 29.7. The van der Waals surface area contributed by atoms with Crippen LogP contribution in [0, 0.1) is 12.3 Å². The van der Waals surface area contributed by atoms with Crippen molar-refractivity contribution in [3.8, 4) is 10.4 Å². The standard InChI is InChI=1S/C28H41BrN4O3S/c1-18(20-9-11-21(12-10-20)24-19(2)31-17-37-24)32-26(35)23-15-22(34)16-33(23)27(36)25(28(3,4)5)30-14-8-6-7-13-29/h9-12,17-18,22-23,25,30,34H,6-8,13-16H2,1-5H3,(H,32,35). The smallest absolute Gasteiger partial charge is 0.243 e. The number of likely N-dealkylation sites (tertiary alicyclic amines) is 1. The first-order valence-electron chi connectivity index (χ1n) is 13.1. The Bertz CT molecular complexity index is 1040. The molecular formula is C28H41BrN4O3S. The van der Waals surface area contributed by atoms with Gasteiger partial charge in [-0.2, -0.15) is 0 Å². The number of aryl methyl sites for hydroxylation is 1. The van der Waals surface area contributed by atoms with Crippen molar-refractivity contribution in [3.63, 3.8) is 0 Å². The second kappa shape index (κ2) is 13.3. The first-order chi connectivity index (χ1) is 17.5. The maximum absolute atomic E-state index is 13.7. The van der Waals surface area contributed by atoms with Crippen LogP contribution < -0.4 is 10.6 Å². The number of β-amino-alcohol motifs (C(OH)–C–C–N with tert-alkyl or cyclic N) is 1. The van der Waals surface area contributed by atoms with E-state index in [2.05, 4.69) is 31.5 Å². The van der Waals surface area contributed by atoms with Gasteiger partial charge in [0.1, 0.15) is 6.04 Å². The number of hydrogen-bond donors (Lipinski definition) is 3. The topological polar surface area (TPSA) is 94.6 Å². The molecule has 1 aliphatic rings. The summed E-state index contributed by atoms with van der Waals surface area (Å²) in [5.41, 5.74) is 4.60. The van der Waals surface area contributed by atoms with Gasteiger partial charge in [0.2, 0.25) is 11.8 Å². The minimum atomic E-state index is -0.712. The number of benzene rings is 1. The van der Waals surface area contributed by atoms with Crippen molar-refractivity contribution in [2.45, 2.75) is 84.5 Å². The molecule has 1 aromatic carbocycles. The lowest BCUT2D eigenvalue weighted by atomic mass is 9.85. The Morgan fingerprint density at radius 1 is 1.22 bits per heavy atom. The molecule has 0 spiro atoms. The van der Waals surface area contributed by atoms with E-state index in [0.717, 1.165) is 52.8 Å². The van der Waals surface area contributed by atoms with Gasteiger partial charge in [0.25, 0.3) is 0 Å². The number of nitrogens with one attached hydrogen (secondary N) is 2. The van der Waals surface area contributed by atoms with Gasteiger partial charge in [-0.25, -0.2) is 4.98 Å². The summed E-state index contributed by atoms with van der Waals surface area (Å²) in [6, 6.07) is 6.77. The molecule has 4 unspecified atom stereocenters. The van der Waals surface area contributed by atoms with Crippen LogP contribution in [0.1, 0.15) is 70.7 Å². The molecule has 9 heteroatoms. The van der Waals surface area contributed by atoms with Crippen LogP contribution >= 0.6 is 27.3 Å². The number of alkyl halides is 1. The number of aliphatic hydroxyl groups is 1. The van der Waals surface area contributed by atoms with Crippen LogP contribution in [-0.2, 0) is 9.59 Å². The quantitative estimate of drug-likeness (QED) is 0.257. The van der Waals surface area contributed by atoms with Crippen LogP contribution in [0.5, 0.6) is 0 Å². The highest BCUT2D eigenvalue weighted by atomic mass is 79.9. The number of hydrogen-bond acceptors (Lipinski definition) is 6. The lowest BCUT2D eigenvalue weighted by molar-refractivity contribution is -0.142. The molecule has 0 bridgehead atoms. The number of halogens is 1. The van der Waals surface area contributed by atoms with E-state index >= 15 is 0 Å². The SMILES string of the molecule is Cc1ncsc1-c1ccc(C(C)NC(=O)C2CC(O)CN2C(=O)C(NCCCCCBr)C(C)(C)C)cc1. The maximum Gasteiger partial charge on any atom is 0.243 e. The highest BCUT2D eigenvalue weighted by molar-refractivity contribution is 9.09. The molecule has 1 saturated heterocycles. The molecule has 1 aromatic heterocycles. The molecule has 37 heavy (non-hydrogen) atoms. The zero-order chi connectivity index (χ0) is 27.2. The van der Waals surface area contributed by atoms with E-state index in [1.807, 2.05) is 64.4 Å². The number of carbonyl (C=O) groups excluding carboxylic acids is 2. The predicted molar refractivity (Wildman–Crippen MR) is 154 cm³/mol. The van der Waals surface area contributed by atoms with Crippen molar-refractivity contribution in [1.82, 2.24) is 20.5 Å². The molecule has 7 nitrogen and oxygen atoms in total. The fourth-order valence-corrected chi connectivity index (χ4v) is 5.98. The second-order valence-electron chi connectivity index (χ2n) is 11.0. The average Bonchev–Trinajstić information content (AvgIpc) is 3.45. The van der Waals surface area contributed by atoms with E-state index in [9.17, 15) is 14.7 Å². The number of rotatable bonds is 11. The number of amides is 2. The number of thiazole rings is 1. The van der Waals surface area contributed by atoms with Crippen molar-refractivity contribution >= 4 is 39.1 Å². The third-order valence-electron chi connectivity index (χ3n) is 6.91. The van der Waals surface area contributed by atoms with Crippen LogP contribution in [0.25, 0.3) is 10.4 Å². The Morgan fingerprint density at radius 3 is 2.51 bits per heavy atom. The van der Waals surface area contributed by atoms with Gasteiger partial charge in [0.15, 0.2) is 0 Å². The first-order valence-corrected chi connectivity index (χ1v) is 15.1. The van der Waals surface area contributed by atoms with Gasteiger partial charge in [-0.1, -0.05) is 67.4 Å². The minimum absolute atomic E-state index is 0.123. The second-order valence-corrected chi connectivity index (χ2v) is 12.7. The van der Waals surface area contributed by atoms with Gasteiger partial charge < -0.3 is 20.6 Å². The van der Waals surface area contributed by atoms with Crippen LogP contribution in [0.4, 0.5) is 0 Å². The fourth-order valence-electron chi connectivity index (χ4n) is 4.77. The van der Waals surface area contributed by atoms with Gasteiger partial charge in [-0.15, -0.1) is 11.3 Å². The summed E-state index contributed by atoms with van der Waals surface area (Å²) >= 11 is 5.07. The van der Waals surface area contributed by atoms with Crippen LogP contribution in [0.3, 0.4) is 0 Å². The number of aromatic nitrogens is 1. The van der Waals surface area contributed by atoms with Crippen LogP contribution in [0.15, 0.2) is 29.8 Å². The van der Waals surface area contributed by atoms with Crippen LogP contribution in [0.2, 0.25) is 0 Å².